The number of rotatable bonds is 33. The predicted octanol–water partition coefficient (Wildman–Crippen LogP) is 0.677. The first kappa shape index (κ1) is 56.6. The Morgan fingerprint density at radius 1 is 0.549 bits per heavy atom. The Morgan fingerprint density at radius 2 is 1.11 bits per heavy atom. The first-order valence-electron chi connectivity index (χ1n) is 23.5. The second kappa shape index (κ2) is 32.7. The van der Waals surface area contributed by atoms with Gasteiger partial charge in [-0.05, 0) is 29.3 Å². The molecular formula is C51H65N7O13. The highest BCUT2D eigenvalue weighted by Crippen LogP contribution is 2.26. The molecule has 1 aliphatic rings. The molecule has 0 unspecified atom stereocenters. The van der Waals surface area contributed by atoms with Crippen LogP contribution in [0.2, 0.25) is 0 Å². The average Bonchev–Trinajstić information content (AvgIpc) is 3.36. The zero-order valence-electron chi connectivity index (χ0n) is 40.3. The summed E-state index contributed by atoms with van der Waals surface area (Å²) in [7, 11) is 0. The number of carbonyl (C=O) groups is 8. The molecule has 0 spiro atoms. The molecule has 0 saturated heterocycles. The van der Waals surface area contributed by atoms with Crippen LogP contribution in [0.15, 0.2) is 78.9 Å². The number of benzene rings is 3. The number of anilines is 1. The maximum atomic E-state index is 13.3. The van der Waals surface area contributed by atoms with Gasteiger partial charge < -0.3 is 60.5 Å². The highest BCUT2D eigenvalue weighted by atomic mass is 16.6. The van der Waals surface area contributed by atoms with Gasteiger partial charge in [0.2, 0.25) is 41.4 Å². The molecule has 0 aromatic heterocycles. The van der Waals surface area contributed by atoms with E-state index >= 15 is 0 Å². The maximum Gasteiger partial charge on any atom is 0.243 e. The molecule has 6 N–H and O–H groups in total. The van der Waals surface area contributed by atoms with E-state index < -0.39 is 48.7 Å². The minimum atomic E-state index is -1.07. The highest BCUT2D eigenvalue weighted by molar-refractivity contribution is 5.97. The summed E-state index contributed by atoms with van der Waals surface area (Å²) in [5.41, 5.74) is 4.03. The average molecular weight is 984 g/mol. The van der Waals surface area contributed by atoms with E-state index in [2.05, 4.69) is 43.7 Å². The topological polar surface area (TPSA) is 258 Å². The van der Waals surface area contributed by atoms with Gasteiger partial charge in [-0.25, -0.2) is 0 Å². The number of nitrogens with one attached hydrogen (secondary N) is 6. The number of hydrogen-bond acceptors (Lipinski definition) is 13. The number of hydrogen-bond donors (Lipinski definition) is 6. The van der Waals surface area contributed by atoms with Crippen molar-refractivity contribution in [1.29, 1.82) is 0 Å². The molecule has 0 fully saturated rings. The fraction of sp³-hybridized carbons (Fsp3) is 0.451. The lowest BCUT2D eigenvalue weighted by atomic mass is 10.0. The van der Waals surface area contributed by atoms with Crippen LogP contribution in [0.25, 0.3) is 0 Å². The van der Waals surface area contributed by atoms with Gasteiger partial charge in [-0.3, -0.25) is 38.4 Å². The van der Waals surface area contributed by atoms with Crippen LogP contribution in [0.4, 0.5) is 5.69 Å². The number of Topliss-reactive ketones (excluding diaryl/α,β-unsaturated/α-hetero) is 1. The van der Waals surface area contributed by atoms with Crippen LogP contribution < -0.4 is 36.8 Å². The molecule has 3 aromatic rings. The van der Waals surface area contributed by atoms with E-state index in [4.69, 9.17) is 23.7 Å². The number of nitrogens with zero attached hydrogens (tertiary/aromatic N) is 1. The van der Waals surface area contributed by atoms with Crippen molar-refractivity contribution in [3.8, 4) is 11.8 Å². The van der Waals surface area contributed by atoms with Crippen LogP contribution in [0.1, 0.15) is 55.4 Å². The summed E-state index contributed by atoms with van der Waals surface area (Å²) in [6.07, 6.45) is 0.181. The van der Waals surface area contributed by atoms with E-state index in [9.17, 15) is 38.4 Å². The molecule has 0 saturated carbocycles. The lowest BCUT2D eigenvalue weighted by Gasteiger charge is -2.26. The van der Waals surface area contributed by atoms with Gasteiger partial charge in [0.15, 0.2) is 5.78 Å². The van der Waals surface area contributed by atoms with E-state index in [1.807, 2.05) is 48.5 Å². The van der Waals surface area contributed by atoms with Crippen molar-refractivity contribution in [3.63, 3.8) is 0 Å². The van der Waals surface area contributed by atoms with E-state index in [0.29, 0.717) is 39.5 Å². The van der Waals surface area contributed by atoms with Gasteiger partial charge in [-0.1, -0.05) is 86.4 Å². The minimum Gasteiger partial charge on any atom is -0.379 e. The second-order valence-electron chi connectivity index (χ2n) is 16.2. The van der Waals surface area contributed by atoms with Crippen LogP contribution in [-0.2, 0) is 75.0 Å². The van der Waals surface area contributed by atoms with Crippen molar-refractivity contribution >= 4 is 52.8 Å². The molecule has 7 amide bonds. The van der Waals surface area contributed by atoms with Gasteiger partial charge >= 0.3 is 0 Å². The quantitative estimate of drug-likeness (QED) is 0.0279. The predicted molar refractivity (Wildman–Crippen MR) is 260 cm³/mol. The summed E-state index contributed by atoms with van der Waals surface area (Å²) in [4.78, 5) is 102. The van der Waals surface area contributed by atoms with Crippen LogP contribution >= 0.6 is 0 Å². The van der Waals surface area contributed by atoms with E-state index in [0.717, 1.165) is 27.9 Å². The monoisotopic (exact) mass is 983 g/mol. The van der Waals surface area contributed by atoms with Crippen molar-refractivity contribution in [2.45, 2.75) is 52.1 Å². The van der Waals surface area contributed by atoms with Gasteiger partial charge in [0.1, 0.15) is 19.4 Å². The Kier molecular flexibility index (Phi) is 26.1. The van der Waals surface area contributed by atoms with Crippen LogP contribution in [0.3, 0.4) is 0 Å². The highest BCUT2D eigenvalue weighted by Gasteiger charge is 2.24. The lowest BCUT2D eigenvalue weighted by Crippen LogP contribution is -2.52. The smallest absolute Gasteiger partial charge is 0.243 e. The number of ketones is 1. The maximum absolute atomic E-state index is 13.3. The van der Waals surface area contributed by atoms with Crippen molar-refractivity contribution in [2.75, 3.05) is 97.3 Å². The normalized spacial score (nSPS) is 11.8. The largest absolute Gasteiger partial charge is 0.379 e. The first-order chi connectivity index (χ1) is 34.4. The summed E-state index contributed by atoms with van der Waals surface area (Å²) in [5.74, 6) is 2.70. The molecule has 382 valence electrons. The second-order valence-corrected chi connectivity index (χ2v) is 16.2. The van der Waals surface area contributed by atoms with Crippen molar-refractivity contribution in [2.24, 2.45) is 5.92 Å². The zero-order valence-corrected chi connectivity index (χ0v) is 40.3. The molecule has 1 heterocycles. The Morgan fingerprint density at radius 3 is 1.83 bits per heavy atom. The summed E-state index contributed by atoms with van der Waals surface area (Å²) in [5, 5.41) is 15.1. The van der Waals surface area contributed by atoms with Gasteiger partial charge in [-0.15, -0.1) is 0 Å². The summed E-state index contributed by atoms with van der Waals surface area (Å²) < 4.78 is 27.0. The Hall–Kier alpha value is -7.02. The molecule has 3 aromatic carbocycles. The summed E-state index contributed by atoms with van der Waals surface area (Å²) >= 11 is 0. The molecule has 4 rings (SSSR count). The fourth-order valence-corrected chi connectivity index (χ4v) is 6.46. The summed E-state index contributed by atoms with van der Waals surface area (Å²) in [6.45, 7) is 4.64. The van der Waals surface area contributed by atoms with E-state index in [-0.39, 0.29) is 95.5 Å². The number of carbonyl (C=O) groups excluding carboxylic acids is 8. The van der Waals surface area contributed by atoms with Crippen LogP contribution in [0, 0.1) is 17.8 Å². The molecule has 1 atom stereocenters. The number of fused-ring (bicyclic) bond motifs is 2. The number of para-hydroxylation sites is 1. The van der Waals surface area contributed by atoms with E-state index in [1.165, 1.54) is 0 Å². The molecule has 20 nitrogen and oxygen atoms in total. The molecular weight excluding hydrogens is 919 g/mol. The zero-order chi connectivity index (χ0) is 51.1. The molecule has 20 heteroatoms. The molecule has 0 radical (unpaired) electrons. The van der Waals surface area contributed by atoms with Gasteiger partial charge in [0.05, 0.1) is 84.7 Å². The third kappa shape index (κ3) is 23.0. The SMILES string of the molecule is CC(C)C(=O)COCNC(=O)CNC(=O)[C@H](Cc1ccccc1)NC(=O)CNC(=O)CNC(=O)CCOCCOCCOCCOCCNC(=O)CCC(=O)N1Cc2ccccc2C#Cc2ccccc21. The number of amides is 7. The Labute approximate surface area is 414 Å². The third-order valence-corrected chi connectivity index (χ3v) is 10.4. The fourth-order valence-electron chi connectivity index (χ4n) is 6.46. The third-order valence-electron chi connectivity index (χ3n) is 10.4. The lowest BCUT2D eigenvalue weighted by molar-refractivity contribution is -0.132. The first-order valence-corrected chi connectivity index (χ1v) is 23.5. The number of ether oxygens (including phenoxy) is 5. The molecule has 71 heavy (non-hydrogen) atoms. The van der Waals surface area contributed by atoms with Crippen molar-refractivity contribution < 1.29 is 62.0 Å². The molecule has 0 aliphatic carbocycles. The van der Waals surface area contributed by atoms with Crippen LogP contribution in [-0.4, -0.2) is 146 Å². The van der Waals surface area contributed by atoms with Crippen molar-refractivity contribution in [1.82, 2.24) is 31.9 Å². The standard InChI is InChI=1S/C51H65N7O13/c1-37(2)44(59)35-71-36-56-48(63)32-55-51(66)42(30-38-10-4-3-5-11-38)57-49(64)33-54-47(62)31-53-46(61)20-22-67-24-26-69-28-29-70-27-25-68-23-21-52-45(60)18-19-50(65)58-34-41-14-7-6-12-39(41)16-17-40-13-8-9-15-43(40)58/h3-15,37,42H,18-36H2,1-2H3,(H,52,60)(H,53,61)(H,54,62)(H,55,66)(H,56,63)(H,57,64)/t42-/m0/s1. The van der Waals surface area contributed by atoms with Gasteiger partial charge in [0.25, 0.3) is 0 Å². The van der Waals surface area contributed by atoms with Crippen molar-refractivity contribution in [3.05, 3.63) is 101 Å². The summed E-state index contributed by atoms with van der Waals surface area (Å²) in [6, 6.07) is 23.0. The van der Waals surface area contributed by atoms with E-state index in [1.54, 1.807) is 49.1 Å². The Balaban J connectivity index is 0.953. The van der Waals surface area contributed by atoms with Gasteiger partial charge in [0, 0.05) is 49.3 Å². The molecule has 1 aliphatic heterocycles. The van der Waals surface area contributed by atoms with Crippen LogP contribution in [0.5, 0.6) is 0 Å². The van der Waals surface area contributed by atoms with Gasteiger partial charge in [-0.2, -0.15) is 0 Å². The minimum absolute atomic E-state index is 0.0142. The Bertz CT molecular complexity index is 2280. The molecule has 0 bridgehead atoms.